The van der Waals surface area contributed by atoms with Crippen LogP contribution < -0.4 is 10.6 Å². The molecule has 0 aromatic carbocycles. The fourth-order valence-electron chi connectivity index (χ4n) is 1.88. The Hall–Kier alpha value is -0.490. The van der Waals surface area contributed by atoms with Crippen molar-refractivity contribution in [2.24, 2.45) is 0 Å². The third kappa shape index (κ3) is 3.75. The molecule has 2 N–H and O–H groups in total. The van der Waals surface area contributed by atoms with Gasteiger partial charge in [0.1, 0.15) is 22.4 Å². The number of hydrogen-bond acceptors (Lipinski definition) is 5. The van der Waals surface area contributed by atoms with Crippen LogP contribution in [0.3, 0.4) is 0 Å². The van der Waals surface area contributed by atoms with Crippen LogP contribution in [0.2, 0.25) is 0 Å². The Morgan fingerprint density at radius 2 is 2.17 bits per heavy atom. The van der Waals surface area contributed by atoms with Crippen molar-refractivity contribution in [1.82, 2.24) is 9.97 Å². The highest BCUT2D eigenvalue weighted by atomic mass is 79.9. The molecular formula is C12H19BrN4S. The highest BCUT2D eigenvalue weighted by molar-refractivity contribution is 9.10. The van der Waals surface area contributed by atoms with E-state index in [0.717, 1.165) is 40.9 Å². The minimum atomic E-state index is 0.721. The summed E-state index contributed by atoms with van der Waals surface area (Å²) in [7, 11) is 0. The summed E-state index contributed by atoms with van der Waals surface area (Å²) in [5.74, 6) is 3.05. The van der Waals surface area contributed by atoms with E-state index in [2.05, 4.69) is 43.5 Å². The van der Waals surface area contributed by atoms with Gasteiger partial charge < -0.3 is 10.6 Å². The second-order valence-corrected chi connectivity index (χ2v) is 6.53. The number of aromatic nitrogens is 2. The van der Waals surface area contributed by atoms with E-state index in [-0.39, 0.29) is 0 Å². The molecule has 0 spiro atoms. The number of nitrogens with one attached hydrogen (secondary N) is 2. The van der Waals surface area contributed by atoms with E-state index in [9.17, 15) is 0 Å². The van der Waals surface area contributed by atoms with Gasteiger partial charge in [-0.25, -0.2) is 9.97 Å². The van der Waals surface area contributed by atoms with Gasteiger partial charge in [0.2, 0.25) is 0 Å². The molecule has 1 saturated heterocycles. The SMILES string of the molecule is CCCNc1ncnc(NCC2CCCS2)c1Br. The second-order valence-electron chi connectivity index (χ2n) is 4.33. The Labute approximate surface area is 121 Å². The third-order valence-electron chi connectivity index (χ3n) is 2.85. The van der Waals surface area contributed by atoms with E-state index in [1.54, 1.807) is 6.33 Å². The van der Waals surface area contributed by atoms with E-state index < -0.39 is 0 Å². The zero-order valence-corrected chi connectivity index (χ0v) is 13.0. The van der Waals surface area contributed by atoms with Gasteiger partial charge in [0.05, 0.1) is 0 Å². The number of anilines is 2. The first kappa shape index (κ1) is 13.9. The van der Waals surface area contributed by atoms with Crippen LogP contribution in [0.25, 0.3) is 0 Å². The van der Waals surface area contributed by atoms with Crippen molar-refractivity contribution >= 4 is 39.3 Å². The van der Waals surface area contributed by atoms with Crippen LogP contribution in [-0.2, 0) is 0 Å². The molecule has 100 valence electrons. The van der Waals surface area contributed by atoms with E-state index in [0.29, 0.717) is 0 Å². The smallest absolute Gasteiger partial charge is 0.145 e. The Kier molecular flexibility index (Phi) is 5.56. The summed E-state index contributed by atoms with van der Waals surface area (Å²) in [4.78, 5) is 8.53. The maximum absolute atomic E-state index is 4.29. The standard InChI is InChI=1S/C12H19BrN4S/c1-2-5-14-11-10(13)12(17-8-16-11)15-7-9-4-3-6-18-9/h8-9H,2-7H2,1H3,(H2,14,15,16,17). The molecule has 0 aliphatic carbocycles. The highest BCUT2D eigenvalue weighted by Crippen LogP contribution is 2.29. The van der Waals surface area contributed by atoms with Gasteiger partial charge in [-0.15, -0.1) is 0 Å². The topological polar surface area (TPSA) is 49.8 Å². The minimum absolute atomic E-state index is 0.721. The maximum Gasteiger partial charge on any atom is 0.145 e. The first-order chi connectivity index (χ1) is 8.81. The summed E-state index contributed by atoms with van der Waals surface area (Å²) in [6, 6.07) is 0. The van der Waals surface area contributed by atoms with Crippen LogP contribution in [0.15, 0.2) is 10.8 Å². The maximum atomic E-state index is 4.29. The molecule has 6 heteroatoms. The van der Waals surface area contributed by atoms with Crippen molar-refractivity contribution < 1.29 is 0 Å². The molecule has 1 aromatic rings. The average molecular weight is 331 g/mol. The summed E-state index contributed by atoms with van der Waals surface area (Å²) < 4.78 is 0.932. The quantitative estimate of drug-likeness (QED) is 0.837. The molecule has 4 nitrogen and oxygen atoms in total. The first-order valence-electron chi connectivity index (χ1n) is 6.41. The fraction of sp³-hybridized carbons (Fsp3) is 0.667. The zero-order chi connectivity index (χ0) is 12.8. The lowest BCUT2D eigenvalue weighted by molar-refractivity contribution is 0.802. The summed E-state index contributed by atoms with van der Waals surface area (Å²) >= 11 is 5.61. The van der Waals surface area contributed by atoms with Gasteiger partial charge in [-0.2, -0.15) is 11.8 Å². The summed E-state index contributed by atoms with van der Waals surface area (Å²) in [5.41, 5.74) is 0. The Bertz CT molecular complexity index is 382. The largest absolute Gasteiger partial charge is 0.369 e. The van der Waals surface area contributed by atoms with Crippen molar-refractivity contribution in [3.63, 3.8) is 0 Å². The lowest BCUT2D eigenvalue weighted by Crippen LogP contribution is -2.15. The van der Waals surface area contributed by atoms with E-state index >= 15 is 0 Å². The van der Waals surface area contributed by atoms with Crippen LogP contribution in [0.5, 0.6) is 0 Å². The van der Waals surface area contributed by atoms with Gasteiger partial charge in [0, 0.05) is 18.3 Å². The molecule has 0 bridgehead atoms. The van der Waals surface area contributed by atoms with Gasteiger partial charge in [-0.3, -0.25) is 0 Å². The lowest BCUT2D eigenvalue weighted by atomic mass is 10.2. The number of rotatable bonds is 6. The van der Waals surface area contributed by atoms with Crippen molar-refractivity contribution in [1.29, 1.82) is 0 Å². The number of thioether (sulfide) groups is 1. The highest BCUT2D eigenvalue weighted by Gasteiger charge is 2.16. The first-order valence-corrected chi connectivity index (χ1v) is 8.25. The van der Waals surface area contributed by atoms with Crippen LogP contribution in [0.1, 0.15) is 26.2 Å². The molecule has 1 aromatic heterocycles. The summed E-state index contributed by atoms with van der Waals surface area (Å²) in [5, 5.41) is 7.42. The zero-order valence-electron chi connectivity index (χ0n) is 10.6. The number of nitrogens with zero attached hydrogens (tertiary/aromatic N) is 2. The fourth-order valence-corrected chi connectivity index (χ4v) is 3.56. The monoisotopic (exact) mass is 330 g/mol. The van der Waals surface area contributed by atoms with Crippen molar-refractivity contribution in [2.45, 2.75) is 31.4 Å². The van der Waals surface area contributed by atoms with Crippen LogP contribution in [0, 0.1) is 0 Å². The van der Waals surface area contributed by atoms with Gasteiger partial charge in [-0.1, -0.05) is 6.92 Å². The summed E-state index contributed by atoms with van der Waals surface area (Å²) in [6.07, 6.45) is 5.33. The predicted molar refractivity (Wildman–Crippen MR) is 82.5 cm³/mol. The second kappa shape index (κ2) is 7.19. The lowest BCUT2D eigenvalue weighted by Gasteiger charge is -2.13. The molecule has 18 heavy (non-hydrogen) atoms. The molecule has 0 saturated carbocycles. The van der Waals surface area contributed by atoms with Crippen molar-refractivity contribution in [3.8, 4) is 0 Å². The normalized spacial score (nSPS) is 18.9. The van der Waals surface area contributed by atoms with E-state index in [1.807, 2.05) is 11.8 Å². The molecule has 1 aliphatic rings. The molecule has 1 atom stereocenters. The van der Waals surface area contributed by atoms with Gasteiger partial charge in [0.25, 0.3) is 0 Å². The van der Waals surface area contributed by atoms with Gasteiger partial charge in [-0.05, 0) is 40.9 Å². The van der Waals surface area contributed by atoms with Crippen LogP contribution in [-0.4, -0.2) is 34.1 Å². The molecule has 2 rings (SSSR count). The number of hydrogen-bond donors (Lipinski definition) is 2. The molecule has 2 heterocycles. The minimum Gasteiger partial charge on any atom is -0.369 e. The molecule has 1 aliphatic heterocycles. The Morgan fingerprint density at radius 1 is 1.39 bits per heavy atom. The van der Waals surface area contributed by atoms with Crippen LogP contribution >= 0.6 is 27.7 Å². The van der Waals surface area contributed by atoms with E-state index in [4.69, 9.17) is 0 Å². The Balaban J connectivity index is 1.94. The predicted octanol–water partition coefficient (Wildman–Crippen LogP) is 3.37. The van der Waals surface area contributed by atoms with Crippen molar-refractivity contribution in [3.05, 3.63) is 10.8 Å². The van der Waals surface area contributed by atoms with Crippen molar-refractivity contribution in [2.75, 3.05) is 29.5 Å². The summed E-state index contributed by atoms with van der Waals surface area (Å²) in [6.45, 7) is 4.04. The third-order valence-corrected chi connectivity index (χ3v) is 5.00. The molecule has 0 radical (unpaired) electrons. The molecule has 1 unspecified atom stereocenters. The Morgan fingerprint density at radius 3 is 2.83 bits per heavy atom. The van der Waals surface area contributed by atoms with Gasteiger partial charge in [0.15, 0.2) is 0 Å². The van der Waals surface area contributed by atoms with E-state index in [1.165, 1.54) is 18.6 Å². The van der Waals surface area contributed by atoms with Crippen LogP contribution in [0.4, 0.5) is 11.6 Å². The molecule has 1 fully saturated rings. The molecule has 0 amide bonds. The molecular weight excluding hydrogens is 312 g/mol. The van der Waals surface area contributed by atoms with Gasteiger partial charge >= 0.3 is 0 Å². The average Bonchev–Trinajstić information content (AvgIpc) is 2.89. The number of halogens is 1.